The van der Waals surface area contributed by atoms with Gasteiger partial charge in [0, 0.05) is 18.4 Å². The Morgan fingerprint density at radius 2 is 1.68 bits per heavy atom. The van der Waals surface area contributed by atoms with Crippen LogP contribution in [0.25, 0.3) is 5.69 Å². The van der Waals surface area contributed by atoms with Crippen LogP contribution in [0.5, 0.6) is 0 Å². The summed E-state index contributed by atoms with van der Waals surface area (Å²) in [6.45, 7) is 0. The lowest BCUT2D eigenvalue weighted by atomic mass is 9.90. The van der Waals surface area contributed by atoms with E-state index in [0.29, 0.717) is 11.5 Å². The minimum Gasteiger partial charge on any atom is -0.310 e. The lowest BCUT2D eigenvalue weighted by molar-refractivity contribution is -0.116. The van der Waals surface area contributed by atoms with E-state index in [0.717, 1.165) is 23.8 Å². The summed E-state index contributed by atoms with van der Waals surface area (Å²) in [6.07, 6.45) is 1.56. The fourth-order valence-electron chi connectivity index (χ4n) is 3.05. The third-order valence-corrected chi connectivity index (χ3v) is 4.17. The lowest BCUT2D eigenvalue weighted by Crippen LogP contribution is -2.25. The average molecular weight is 343 g/mol. The second-order valence-electron chi connectivity index (χ2n) is 5.83. The molecule has 0 aliphatic carbocycles. The second-order valence-corrected chi connectivity index (χ2v) is 5.83. The summed E-state index contributed by atoms with van der Waals surface area (Å²) in [6, 6.07) is 8.91. The predicted octanol–water partition coefficient (Wildman–Crippen LogP) is 3.76. The molecule has 0 saturated heterocycles. The van der Waals surface area contributed by atoms with Crippen LogP contribution in [-0.4, -0.2) is 15.5 Å². The van der Waals surface area contributed by atoms with Crippen molar-refractivity contribution >= 4 is 11.7 Å². The number of halogens is 3. The molecule has 0 fully saturated rings. The number of hydrogen-bond donors (Lipinski definition) is 1. The van der Waals surface area contributed by atoms with Crippen LogP contribution in [-0.2, 0) is 4.79 Å². The number of hydrogen-bond acceptors (Lipinski definition) is 2. The third-order valence-electron chi connectivity index (χ3n) is 4.17. The summed E-state index contributed by atoms with van der Waals surface area (Å²) in [5.41, 5.74) is 1.52. The second kappa shape index (κ2) is 5.77. The van der Waals surface area contributed by atoms with Crippen LogP contribution in [0.4, 0.5) is 19.0 Å². The highest BCUT2D eigenvalue weighted by atomic mass is 19.1. The van der Waals surface area contributed by atoms with Crippen LogP contribution in [0.15, 0.2) is 48.8 Å². The van der Waals surface area contributed by atoms with Crippen molar-refractivity contribution < 1.29 is 18.0 Å². The van der Waals surface area contributed by atoms with Crippen molar-refractivity contribution in [1.82, 2.24) is 9.55 Å². The topological polar surface area (TPSA) is 46.9 Å². The van der Waals surface area contributed by atoms with Gasteiger partial charge in [0.25, 0.3) is 0 Å². The highest BCUT2D eigenvalue weighted by Gasteiger charge is 2.31. The van der Waals surface area contributed by atoms with Crippen molar-refractivity contribution in [3.8, 4) is 5.69 Å². The molecule has 126 valence electrons. The molecule has 4 rings (SSSR count). The molecule has 1 atom stereocenters. The number of benzene rings is 2. The third kappa shape index (κ3) is 2.77. The van der Waals surface area contributed by atoms with Crippen molar-refractivity contribution in [1.29, 1.82) is 0 Å². The maximum absolute atomic E-state index is 13.5. The van der Waals surface area contributed by atoms with Crippen molar-refractivity contribution in [3.63, 3.8) is 0 Å². The number of aromatic nitrogens is 2. The van der Waals surface area contributed by atoms with Crippen molar-refractivity contribution in [2.24, 2.45) is 0 Å². The molecule has 4 nitrogen and oxygen atoms in total. The maximum atomic E-state index is 13.5. The molecular weight excluding hydrogens is 331 g/mol. The molecule has 2 heterocycles. The van der Waals surface area contributed by atoms with E-state index in [-0.39, 0.29) is 29.8 Å². The van der Waals surface area contributed by atoms with Gasteiger partial charge in [0.2, 0.25) is 5.91 Å². The van der Waals surface area contributed by atoms with Crippen LogP contribution in [0.2, 0.25) is 0 Å². The van der Waals surface area contributed by atoms with Crippen LogP contribution < -0.4 is 5.32 Å². The standard InChI is InChI=1S/C18H12F3N3O/c19-11-3-1-10(2-4-11)15-8-16(25)23-18-17(15)22-9-24(18)14-6-12(20)5-13(21)7-14/h1-7,9,15H,8H2,(H,23,25). The van der Waals surface area contributed by atoms with E-state index in [1.165, 1.54) is 23.0 Å². The zero-order valence-electron chi connectivity index (χ0n) is 12.8. The molecule has 0 spiro atoms. The molecule has 2 aromatic carbocycles. The van der Waals surface area contributed by atoms with Gasteiger partial charge in [0.15, 0.2) is 0 Å². The van der Waals surface area contributed by atoms with Gasteiger partial charge >= 0.3 is 0 Å². The minimum absolute atomic E-state index is 0.160. The molecule has 1 aliphatic rings. The number of imidazole rings is 1. The summed E-state index contributed by atoms with van der Waals surface area (Å²) < 4.78 is 41.6. The monoisotopic (exact) mass is 343 g/mol. The smallest absolute Gasteiger partial charge is 0.226 e. The van der Waals surface area contributed by atoms with Gasteiger partial charge in [-0.2, -0.15) is 0 Å². The van der Waals surface area contributed by atoms with E-state index in [2.05, 4.69) is 10.3 Å². The Bertz CT molecular complexity index is 946. The number of carbonyl (C=O) groups is 1. The van der Waals surface area contributed by atoms with E-state index >= 15 is 0 Å². The zero-order chi connectivity index (χ0) is 17.6. The van der Waals surface area contributed by atoms with Crippen LogP contribution in [0, 0.1) is 17.5 Å². The maximum Gasteiger partial charge on any atom is 0.226 e. The first-order valence-electron chi connectivity index (χ1n) is 7.60. The van der Waals surface area contributed by atoms with E-state index < -0.39 is 11.6 Å². The summed E-state index contributed by atoms with van der Waals surface area (Å²) >= 11 is 0. The first kappa shape index (κ1) is 15.4. The highest BCUT2D eigenvalue weighted by Crippen LogP contribution is 2.37. The summed E-state index contributed by atoms with van der Waals surface area (Å²) in [7, 11) is 0. The Kier molecular flexibility index (Phi) is 3.56. The van der Waals surface area contributed by atoms with Gasteiger partial charge in [-0.3, -0.25) is 9.36 Å². The molecule has 1 aromatic heterocycles. The Labute approximate surface area is 140 Å². The van der Waals surface area contributed by atoms with Crippen LogP contribution in [0.1, 0.15) is 23.6 Å². The van der Waals surface area contributed by atoms with E-state index in [9.17, 15) is 18.0 Å². The Hall–Kier alpha value is -3.09. The lowest BCUT2D eigenvalue weighted by Gasteiger charge is -2.23. The van der Waals surface area contributed by atoms with Crippen LogP contribution in [0.3, 0.4) is 0 Å². The largest absolute Gasteiger partial charge is 0.310 e. The van der Waals surface area contributed by atoms with Gasteiger partial charge in [-0.25, -0.2) is 18.2 Å². The van der Waals surface area contributed by atoms with Gasteiger partial charge in [-0.05, 0) is 29.8 Å². The molecule has 1 aliphatic heterocycles. The van der Waals surface area contributed by atoms with E-state index in [1.807, 2.05) is 0 Å². The molecule has 1 N–H and O–H groups in total. The van der Waals surface area contributed by atoms with Gasteiger partial charge in [-0.1, -0.05) is 12.1 Å². The summed E-state index contributed by atoms with van der Waals surface area (Å²) in [4.78, 5) is 16.4. The Balaban J connectivity index is 1.82. The van der Waals surface area contributed by atoms with Crippen LogP contribution >= 0.6 is 0 Å². The summed E-state index contributed by atoms with van der Waals surface area (Å²) in [5.74, 6) is -2.07. The molecule has 0 radical (unpaired) electrons. The molecule has 7 heteroatoms. The molecule has 1 unspecified atom stereocenters. The number of nitrogens with one attached hydrogen (secondary N) is 1. The van der Waals surface area contributed by atoms with Crippen molar-refractivity contribution in [2.75, 3.05) is 5.32 Å². The fourth-order valence-corrected chi connectivity index (χ4v) is 3.05. The van der Waals surface area contributed by atoms with Gasteiger partial charge in [0.1, 0.15) is 29.6 Å². The number of amides is 1. The van der Waals surface area contributed by atoms with Gasteiger partial charge in [0.05, 0.1) is 11.4 Å². The normalized spacial score (nSPS) is 16.4. The zero-order valence-corrected chi connectivity index (χ0v) is 12.8. The quantitative estimate of drug-likeness (QED) is 0.770. The highest BCUT2D eigenvalue weighted by molar-refractivity contribution is 5.94. The molecule has 0 saturated carbocycles. The molecule has 25 heavy (non-hydrogen) atoms. The van der Waals surface area contributed by atoms with E-state index in [4.69, 9.17) is 0 Å². The number of fused-ring (bicyclic) bond motifs is 1. The molecule has 0 bridgehead atoms. The van der Waals surface area contributed by atoms with E-state index in [1.54, 1.807) is 12.1 Å². The number of anilines is 1. The van der Waals surface area contributed by atoms with Crippen molar-refractivity contribution in [3.05, 3.63) is 77.5 Å². The molecule has 1 amide bonds. The first-order valence-corrected chi connectivity index (χ1v) is 7.60. The molecular formula is C18H12F3N3O. The number of nitrogens with zero attached hydrogens (tertiary/aromatic N) is 2. The summed E-state index contributed by atoms with van der Waals surface area (Å²) in [5, 5.41) is 2.70. The Morgan fingerprint density at radius 3 is 2.36 bits per heavy atom. The number of carbonyl (C=O) groups excluding carboxylic acids is 1. The molecule has 3 aromatic rings. The minimum atomic E-state index is -0.727. The number of rotatable bonds is 2. The fraction of sp³-hybridized carbons (Fsp3) is 0.111. The SMILES string of the molecule is O=C1CC(c2ccc(F)cc2)c2ncn(-c3cc(F)cc(F)c3)c2N1. The average Bonchev–Trinajstić information content (AvgIpc) is 2.97. The predicted molar refractivity (Wildman–Crippen MR) is 85.0 cm³/mol. The van der Waals surface area contributed by atoms with Crippen molar-refractivity contribution in [2.45, 2.75) is 12.3 Å². The Morgan fingerprint density at radius 1 is 1.00 bits per heavy atom. The first-order chi connectivity index (χ1) is 12.0. The van der Waals surface area contributed by atoms with Gasteiger partial charge < -0.3 is 5.32 Å². The van der Waals surface area contributed by atoms with Gasteiger partial charge in [-0.15, -0.1) is 0 Å².